The maximum Gasteiger partial charge on any atom is 0.0296 e. The van der Waals surface area contributed by atoms with Gasteiger partial charge >= 0.3 is 0 Å². The zero-order chi connectivity index (χ0) is 9.68. The van der Waals surface area contributed by atoms with Crippen LogP contribution in [0.15, 0.2) is 23.4 Å². The second-order valence-electron chi connectivity index (χ2n) is 3.70. The van der Waals surface area contributed by atoms with Crippen LogP contribution >= 0.6 is 0 Å². The van der Waals surface area contributed by atoms with Gasteiger partial charge in [0.05, 0.1) is 0 Å². The lowest BCUT2D eigenvalue weighted by Gasteiger charge is -2.24. The molecule has 0 saturated heterocycles. The number of hydrogen-bond acceptors (Lipinski definition) is 2. The fourth-order valence-corrected chi connectivity index (χ4v) is 1.47. The van der Waals surface area contributed by atoms with Crippen molar-refractivity contribution in [1.82, 2.24) is 10.2 Å². The van der Waals surface area contributed by atoms with Crippen LogP contribution in [0.4, 0.5) is 0 Å². The van der Waals surface area contributed by atoms with Gasteiger partial charge in [-0.3, -0.25) is 0 Å². The molecule has 1 aliphatic carbocycles. The van der Waals surface area contributed by atoms with E-state index in [1.807, 2.05) is 7.05 Å². The molecule has 13 heavy (non-hydrogen) atoms. The molecule has 0 amide bonds. The molecule has 0 heterocycles. The topological polar surface area (TPSA) is 15.3 Å². The average molecular weight is 180 g/mol. The summed E-state index contributed by atoms with van der Waals surface area (Å²) in [5.41, 5.74) is 2.95. The normalized spacial score (nSPS) is 16.5. The van der Waals surface area contributed by atoms with Crippen molar-refractivity contribution in [3.8, 4) is 0 Å². The number of hydrogen-bond donors (Lipinski definition) is 1. The summed E-state index contributed by atoms with van der Waals surface area (Å²) in [5, 5.41) is 3.16. The molecule has 0 fully saturated rings. The summed E-state index contributed by atoms with van der Waals surface area (Å²) in [6, 6.07) is 0. The standard InChI is InChI=1S/C11H20N2/c1-10-4-6-11(7-5-10)13(3)9-8-12-2/h4,6,12H,5,7-9H2,1-3H3. The van der Waals surface area contributed by atoms with E-state index in [1.54, 1.807) is 0 Å². The summed E-state index contributed by atoms with van der Waals surface area (Å²) in [4.78, 5) is 2.33. The Morgan fingerprint density at radius 3 is 2.69 bits per heavy atom. The zero-order valence-corrected chi connectivity index (χ0v) is 8.93. The molecule has 74 valence electrons. The summed E-state index contributed by atoms with van der Waals surface area (Å²) in [7, 11) is 4.16. The van der Waals surface area contributed by atoms with E-state index >= 15 is 0 Å². The molecule has 0 bridgehead atoms. The van der Waals surface area contributed by atoms with Crippen molar-refractivity contribution in [3.63, 3.8) is 0 Å². The van der Waals surface area contributed by atoms with Gasteiger partial charge in [0.25, 0.3) is 0 Å². The van der Waals surface area contributed by atoms with Crippen LogP contribution in [0.1, 0.15) is 19.8 Å². The number of allylic oxidation sites excluding steroid dienone is 4. The van der Waals surface area contributed by atoms with E-state index in [0.717, 1.165) is 13.1 Å². The lowest BCUT2D eigenvalue weighted by molar-refractivity contribution is 0.398. The minimum atomic E-state index is 1.05. The van der Waals surface area contributed by atoms with Crippen molar-refractivity contribution in [2.24, 2.45) is 0 Å². The molecule has 0 atom stereocenters. The van der Waals surface area contributed by atoms with Crippen LogP contribution in [0.25, 0.3) is 0 Å². The molecule has 0 unspecified atom stereocenters. The third kappa shape index (κ3) is 3.23. The first-order valence-electron chi connectivity index (χ1n) is 4.96. The Hall–Kier alpha value is -0.760. The Balaban J connectivity index is 2.43. The first-order chi connectivity index (χ1) is 6.24. The predicted octanol–water partition coefficient (Wildman–Crippen LogP) is 1.76. The van der Waals surface area contributed by atoms with Gasteiger partial charge in [-0.05, 0) is 32.9 Å². The summed E-state index contributed by atoms with van der Waals surface area (Å²) in [6.07, 6.45) is 6.89. The van der Waals surface area contributed by atoms with Gasteiger partial charge in [0.2, 0.25) is 0 Å². The van der Waals surface area contributed by atoms with Crippen molar-refractivity contribution in [2.45, 2.75) is 19.8 Å². The van der Waals surface area contributed by atoms with E-state index in [-0.39, 0.29) is 0 Å². The van der Waals surface area contributed by atoms with Gasteiger partial charge in [-0.2, -0.15) is 0 Å². The van der Waals surface area contributed by atoms with Gasteiger partial charge < -0.3 is 10.2 Å². The lowest BCUT2D eigenvalue weighted by atomic mass is 10.0. The SMILES string of the molecule is CNCCN(C)C1=CC=C(C)CC1. The molecular formula is C11H20N2. The Morgan fingerprint density at radius 2 is 2.15 bits per heavy atom. The van der Waals surface area contributed by atoms with Gasteiger partial charge in [0, 0.05) is 25.8 Å². The van der Waals surface area contributed by atoms with E-state index in [1.165, 1.54) is 24.1 Å². The van der Waals surface area contributed by atoms with Crippen LogP contribution in [0.3, 0.4) is 0 Å². The molecular weight excluding hydrogens is 160 g/mol. The second kappa shape index (κ2) is 5.07. The van der Waals surface area contributed by atoms with E-state index < -0.39 is 0 Å². The molecule has 0 aromatic rings. The van der Waals surface area contributed by atoms with Crippen LogP contribution in [0.5, 0.6) is 0 Å². The Bertz CT molecular complexity index is 216. The average Bonchev–Trinajstić information content (AvgIpc) is 2.15. The Kier molecular flexibility index (Phi) is 4.03. The predicted molar refractivity (Wildman–Crippen MR) is 57.6 cm³/mol. The Labute approximate surface area is 81.3 Å². The highest BCUT2D eigenvalue weighted by atomic mass is 15.1. The highest BCUT2D eigenvalue weighted by Crippen LogP contribution is 2.19. The molecule has 1 rings (SSSR count). The van der Waals surface area contributed by atoms with E-state index in [2.05, 4.69) is 36.3 Å². The highest BCUT2D eigenvalue weighted by Gasteiger charge is 2.06. The number of nitrogens with one attached hydrogen (secondary N) is 1. The monoisotopic (exact) mass is 180 g/mol. The van der Waals surface area contributed by atoms with E-state index in [0.29, 0.717) is 0 Å². The Morgan fingerprint density at radius 1 is 1.38 bits per heavy atom. The van der Waals surface area contributed by atoms with Crippen LogP contribution in [-0.2, 0) is 0 Å². The molecule has 2 nitrogen and oxygen atoms in total. The summed E-state index contributed by atoms with van der Waals surface area (Å²) in [6.45, 7) is 4.34. The van der Waals surface area contributed by atoms with Gasteiger partial charge in [-0.15, -0.1) is 0 Å². The molecule has 0 aliphatic heterocycles. The quantitative estimate of drug-likeness (QED) is 0.709. The number of nitrogens with zero attached hydrogens (tertiary/aromatic N) is 1. The summed E-state index contributed by atoms with van der Waals surface area (Å²) in [5.74, 6) is 0. The highest BCUT2D eigenvalue weighted by molar-refractivity contribution is 5.21. The third-order valence-corrected chi connectivity index (χ3v) is 2.52. The fourth-order valence-electron chi connectivity index (χ4n) is 1.47. The summed E-state index contributed by atoms with van der Waals surface area (Å²) >= 11 is 0. The van der Waals surface area contributed by atoms with Crippen molar-refractivity contribution in [3.05, 3.63) is 23.4 Å². The largest absolute Gasteiger partial charge is 0.377 e. The van der Waals surface area contributed by atoms with Crippen molar-refractivity contribution in [2.75, 3.05) is 27.2 Å². The van der Waals surface area contributed by atoms with E-state index in [9.17, 15) is 0 Å². The maximum atomic E-state index is 3.16. The summed E-state index contributed by atoms with van der Waals surface area (Å²) < 4.78 is 0. The molecule has 0 saturated carbocycles. The minimum absolute atomic E-state index is 1.05. The van der Waals surface area contributed by atoms with Crippen LogP contribution in [-0.4, -0.2) is 32.1 Å². The molecule has 0 aromatic heterocycles. The molecule has 0 spiro atoms. The molecule has 1 aliphatic rings. The first kappa shape index (κ1) is 10.3. The van der Waals surface area contributed by atoms with Crippen molar-refractivity contribution < 1.29 is 0 Å². The van der Waals surface area contributed by atoms with Crippen LogP contribution < -0.4 is 5.32 Å². The van der Waals surface area contributed by atoms with Crippen molar-refractivity contribution >= 4 is 0 Å². The van der Waals surface area contributed by atoms with E-state index in [4.69, 9.17) is 0 Å². The van der Waals surface area contributed by atoms with Gasteiger partial charge in [0.15, 0.2) is 0 Å². The molecule has 1 N–H and O–H groups in total. The molecule has 2 heteroatoms. The maximum absolute atomic E-state index is 3.16. The zero-order valence-electron chi connectivity index (χ0n) is 8.93. The van der Waals surface area contributed by atoms with Gasteiger partial charge in [0.1, 0.15) is 0 Å². The first-order valence-corrected chi connectivity index (χ1v) is 4.96. The molecule has 0 radical (unpaired) electrons. The minimum Gasteiger partial charge on any atom is -0.377 e. The third-order valence-electron chi connectivity index (χ3n) is 2.52. The number of rotatable bonds is 4. The van der Waals surface area contributed by atoms with Crippen LogP contribution in [0, 0.1) is 0 Å². The van der Waals surface area contributed by atoms with Crippen LogP contribution in [0.2, 0.25) is 0 Å². The van der Waals surface area contributed by atoms with Crippen molar-refractivity contribution in [1.29, 1.82) is 0 Å². The number of likely N-dealkylation sites (N-methyl/N-ethyl adjacent to an activating group) is 2. The second-order valence-corrected chi connectivity index (χ2v) is 3.70. The smallest absolute Gasteiger partial charge is 0.0296 e. The molecule has 0 aromatic carbocycles. The van der Waals surface area contributed by atoms with Gasteiger partial charge in [-0.25, -0.2) is 0 Å². The fraction of sp³-hybridized carbons (Fsp3) is 0.636. The van der Waals surface area contributed by atoms with Gasteiger partial charge in [-0.1, -0.05) is 11.6 Å². The lowest BCUT2D eigenvalue weighted by Crippen LogP contribution is -2.27.